The molecule has 0 aliphatic carbocycles. The Morgan fingerprint density at radius 3 is 2.39 bits per heavy atom. The largest absolute Gasteiger partial charge is 0.443 e. The number of aromatic nitrogens is 1. The summed E-state index contributed by atoms with van der Waals surface area (Å²) in [7, 11) is 0. The van der Waals surface area contributed by atoms with Crippen LogP contribution in [0.15, 0.2) is 30.3 Å². The highest BCUT2D eigenvalue weighted by molar-refractivity contribution is 6.00. The Morgan fingerprint density at radius 1 is 1.11 bits per heavy atom. The van der Waals surface area contributed by atoms with Gasteiger partial charge < -0.3 is 15.0 Å². The molecule has 8 heteroatoms. The van der Waals surface area contributed by atoms with Gasteiger partial charge in [-0.15, -0.1) is 0 Å². The molecule has 1 heterocycles. The number of carbonyl (C=O) groups is 3. The van der Waals surface area contributed by atoms with Crippen molar-refractivity contribution in [1.82, 2.24) is 21.2 Å². The van der Waals surface area contributed by atoms with Crippen LogP contribution >= 0.6 is 0 Å². The van der Waals surface area contributed by atoms with Gasteiger partial charge in [0.1, 0.15) is 17.3 Å². The molecule has 152 valence electrons. The van der Waals surface area contributed by atoms with Crippen LogP contribution < -0.4 is 16.2 Å². The Hall–Kier alpha value is -3.03. The number of hydrogen-bond donors (Lipinski definition) is 4. The van der Waals surface area contributed by atoms with E-state index in [-0.39, 0.29) is 5.92 Å². The molecule has 4 N–H and O–H groups in total. The molecule has 1 aromatic heterocycles. The molecule has 0 unspecified atom stereocenters. The van der Waals surface area contributed by atoms with E-state index < -0.39 is 29.6 Å². The predicted molar refractivity (Wildman–Crippen MR) is 107 cm³/mol. The van der Waals surface area contributed by atoms with E-state index in [9.17, 15) is 14.4 Å². The summed E-state index contributed by atoms with van der Waals surface area (Å²) < 4.78 is 5.08. The minimum Gasteiger partial charge on any atom is -0.443 e. The van der Waals surface area contributed by atoms with Crippen LogP contribution in [0.1, 0.15) is 51.5 Å². The van der Waals surface area contributed by atoms with Crippen molar-refractivity contribution in [2.45, 2.75) is 52.7 Å². The molecule has 0 fully saturated rings. The molecule has 0 radical (unpaired) electrons. The number of carbonyl (C=O) groups excluding carboxylic acids is 3. The number of rotatable bonds is 5. The molecule has 0 saturated carbocycles. The third kappa shape index (κ3) is 6.29. The summed E-state index contributed by atoms with van der Waals surface area (Å²) >= 11 is 0. The topological polar surface area (TPSA) is 112 Å². The van der Waals surface area contributed by atoms with Gasteiger partial charge in [0.15, 0.2) is 0 Å². The summed E-state index contributed by atoms with van der Waals surface area (Å²) in [6.07, 6.45) is -0.362. The van der Waals surface area contributed by atoms with Crippen LogP contribution in [0.2, 0.25) is 0 Å². The number of aromatic amines is 1. The quantitative estimate of drug-likeness (QED) is 0.590. The van der Waals surface area contributed by atoms with Crippen LogP contribution in [0, 0.1) is 5.92 Å². The second-order valence-corrected chi connectivity index (χ2v) is 8.04. The molecule has 1 aromatic carbocycles. The second kappa shape index (κ2) is 8.77. The third-order valence-electron chi connectivity index (χ3n) is 3.79. The summed E-state index contributed by atoms with van der Waals surface area (Å²) in [6.45, 7) is 9.04. The van der Waals surface area contributed by atoms with Crippen molar-refractivity contribution in [2.75, 3.05) is 0 Å². The molecule has 0 aliphatic rings. The first-order chi connectivity index (χ1) is 13.0. The first-order valence-electron chi connectivity index (χ1n) is 9.22. The fraction of sp³-hybridized carbons (Fsp3) is 0.450. The zero-order valence-electron chi connectivity index (χ0n) is 16.9. The number of para-hydroxylation sites is 1. The second-order valence-electron chi connectivity index (χ2n) is 8.04. The molecule has 0 bridgehead atoms. The number of amides is 3. The fourth-order valence-corrected chi connectivity index (χ4v) is 2.64. The van der Waals surface area contributed by atoms with E-state index in [1.165, 1.54) is 0 Å². The molecule has 1 atom stereocenters. The first kappa shape index (κ1) is 21.3. The summed E-state index contributed by atoms with van der Waals surface area (Å²) in [4.78, 5) is 39.8. The van der Waals surface area contributed by atoms with Gasteiger partial charge in [-0.1, -0.05) is 32.0 Å². The van der Waals surface area contributed by atoms with E-state index in [1.807, 2.05) is 38.1 Å². The van der Waals surface area contributed by atoms with Gasteiger partial charge in [-0.3, -0.25) is 15.0 Å². The zero-order chi connectivity index (χ0) is 20.9. The molecule has 2 aromatic rings. The van der Waals surface area contributed by atoms with Crippen molar-refractivity contribution in [3.05, 3.63) is 36.0 Å². The Labute approximate surface area is 164 Å². The average molecular weight is 388 g/mol. The monoisotopic (exact) mass is 388 g/mol. The lowest BCUT2D eigenvalue weighted by molar-refractivity contribution is -0.124. The van der Waals surface area contributed by atoms with E-state index in [1.54, 1.807) is 26.8 Å². The van der Waals surface area contributed by atoms with Gasteiger partial charge >= 0.3 is 6.09 Å². The average Bonchev–Trinajstić information content (AvgIpc) is 3.01. The van der Waals surface area contributed by atoms with Crippen LogP contribution in [0.4, 0.5) is 4.79 Å². The third-order valence-corrected chi connectivity index (χ3v) is 3.79. The Morgan fingerprint density at radius 2 is 1.79 bits per heavy atom. The normalized spacial score (nSPS) is 12.5. The lowest BCUT2D eigenvalue weighted by Gasteiger charge is -2.22. The summed E-state index contributed by atoms with van der Waals surface area (Å²) in [5.74, 6) is -0.765. The highest BCUT2D eigenvalue weighted by atomic mass is 16.6. The number of fused-ring (bicyclic) bond motifs is 1. The van der Waals surface area contributed by atoms with Crippen molar-refractivity contribution in [2.24, 2.45) is 5.92 Å². The lowest BCUT2D eigenvalue weighted by atomic mass is 10.0. The fourth-order valence-electron chi connectivity index (χ4n) is 2.64. The zero-order valence-corrected chi connectivity index (χ0v) is 16.9. The summed E-state index contributed by atoms with van der Waals surface area (Å²) in [5.41, 5.74) is 5.03. The highest BCUT2D eigenvalue weighted by Gasteiger charge is 2.24. The molecule has 28 heavy (non-hydrogen) atoms. The molecular weight excluding hydrogens is 360 g/mol. The molecule has 0 aliphatic heterocycles. The number of hydrazine groups is 1. The van der Waals surface area contributed by atoms with Crippen LogP contribution in [-0.2, 0) is 9.53 Å². The molecule has 2 rings (SSSR count). The number of benzene rings is 1. The van der Waals surface area contributed by atoms with Gasteiger partial charge in [0.25, 0.3) is 11.8 Å². The van der Waals surface area contributed by atoms with Gasteiger partial charge in [0, 0.05) is 10.9 Å². The van der Waals surface area contributed by atoms with E-state index in [4.69, 9.17) is 4.74 Å². The predicted octanol–water partition coefficient (Wildman–Crippen LogP) is 2.87. The van der Waals surface area contributed by atoms with Crippen molar-refractivity contribution in [3.8, 4) is 0 Å². The summed E-state index contributed by atoms with van der Waals surface area (Å²) in [6, 6.07) is 8.44. The smallest absolute Gasteiger partial charge is 0.426 e. The standard InChI is InChI=1S/C20H28N4O4/c1-12(2)10-15(18(26)23-24-19(27)28-20(3,4)5)22-17(25)16-11-13-8-6-7-9-14(13)21-16/h6-9,11-12,15,21H,10H2,1-5H3,(H,22,25)(H,23,26)(H,24,27)/t15-/m0/s1. The summed E-state index contributed by atoms with van der Waals surface area (Å²) in [5, 5.41) is 3.63. The molecule has 3 amide bonds. The van der Waals surface area contributed by atoms with E-state index in [0.717, 1.165) is 10.9 Å². The van der Waals surface area contributed by atoms with Crippen LogP contribution in [0.25, 0.3) is 10.9 Å². The van der Waals surface area contributed by atoms with Crippen molar-refractivity contribution < 1.29 is 19.1 Å². The molecule has 8 nitrogen and oxygen atoms in total. The van der Waals surface area contributed by atoms with Crippen LogP contribution in [0.3, 0.4) is 0 Å². The highest BCUT2D eigenvalue weighted by Crippen LogP contribution is 2.15. The van der Waals surface area contributed by atoms with E-state index >= 15 is 0 Å². The van der Waals surface area contributed by atoms with E-state index in [2.05, 4.69) is 21.2 Å². The molecule has 0 saturated heterocycles. The Kier molecular flexibility index (Phi) is 6.66. The van der Waals surface area contributed by atoms with Crippen LogP contribution in [-0.4, -0.2) is 34.5 Å². The number of H-pyrrole nitrogens is 1. The van der Waals surface area contributed by atoms with Gasteiger partial charge in [-0.2, -0.15) is 0 Å². The Bertz CT molecular complexity index is 818. The number of ether oxygens (including phenoxy) is 1. The van der Waals surface area contributed by atoms with Crippen molar-refractivity contribution >= 4 is 28.8 Å². The minimum absolute atomic E-state index is 0.153. The lowest BCUT2D eigenvalue weighted by Crippen LogP contribution is -2.53. The molecular formula is C20H28N4O4. The van der Waals surface area contributed by atoms with Gasteiger partial charge in [0.05, 0.1) is 0 Å². The van der Waals surface area contributed by atoms with Crippen molar-refractivity contribution in [1.29, 1.82) is 0 Å². The SMILES string of the molecule is CC(C)C[C@H](NC(=O)c1cc2ccccc2[nH]1)C(=O)NNC(=O)OC(C)(C)C. The first-order valence-corrected chi connectivity index (χ1v) is 9.22. The van der Waals surface area contributed by atoms with Gasteiger partial charge in [0.2, 0.25) is 0 Å². The maximum Gasteiger partial charge on any atom is 0.426 e. The van der Waals surface area contributed by atoms with E-state index in [0.29, 0.717) is 12.1 Å². The number of nitrogens with one attached hydrogen (secondary N) is 4. The van der Waals surface area contributed by atoms with Crippen LogP contribution in [0.5, 0.6) is 0 Å². The van der Waals surface area contributed by atoms with Gasteiger partial charge in [-0.05, 0) is 45.2 Å². The van der Waals surface area contributed by atoms with Crippen molar-refractivity contribution in [3.63, 3.8) is 0 Å². The minimum atomic E-state index is -0.811. The molecule has 0 spiro atoms. The number of hydrogen-bond acceptors (Lipinski definition) is 4. The maximum absolute atomic E-state index is 12.6. The maximum atomic E-state index is 12.6. The van der Waals surface area contributed by atoms with Gasteiger partial charge in [-0.25, -0.2) is 10.2 Å². The Balaban J connectivity index is 2.02.